The summed E-state index contributed by atoms with van der Waals surface area (Å²) in [5, 5.41) is 83.0. The number of aliphatic hydroxyl groups excluding tert-OH is 9. The first-order valence-electron chi connectivity index (χ1n) is 9.21. The van der Waals surface area contributed by atoms with Crippen LogP contribution in [0.5, 0.6) is 0 Å². The van der Waals surface area contributed by atoms with Gasteiger partial charge >= 0.3 is 0 Å². The SMILES string of the molecule is CC(=O)N[C@H]1C(O)O[C@H](CO)[C@@H](O)[C@@H]1O.CCO.N[C@H]1C(O)O[C@H](CO)[C@@H](O)[C@@H]1O. The van der Waals surface area contributed by atoms with Gasteiger partial charge in [0.1, 0.15) is 42.7 Å². The van der Waals surface area contributed by atoms with E-state index in [2.05, 4.69) is 5.32 Å². The molecule has 0 bridgehead atoms. The van der Waals surface area contributed by atoms with Crippen molar-refractivity contribution in [3.63, 3.8) is 0 Å². The van der Waals surface area contributed by atoms with E-state index in [0.717, 1.165) is 0 Å². The molecule has 2 fully saturated rings. The zero-order valence-electron chi connectivity index (χ0n) is 16.7. The summed E-state index contributed by atoms with van der Waals surface area (Å²) in [5.74, 6) is -0.462. The van der Waals surface area contributed by atoms with Gasteiger partial charge in [-0.3, -0.25) is 4.79 Å². The van der Waals surface area contributed by atoms with Crippen LogP contribution in [0.1, 0.15) is 13.8 Å². The predicted octanol–water partition coefficient (Wildman–Crippen LogP) is -6.33. The Bertz CT molecular complexity index is 482. The average Bonchev–Trinajstić information content (AvgIpc) is 2.70. The van der Waals surface area contributed by atoms with Crippen LogP contribution in [0.4, 0.5) is 0 Å². The Labute approximate surface area is 173 Å². The molecule has 0 saturated carbocycles. The Morgan fingerprint density at radius 2 is 1.23 bits per heavy atom. The maximum atomic E-state index is 10.7. The van der Waals surface area contributed by atoms with Crippen molar-refractivity contribution in [1.82, 2.24) is 5.32 Å². The smallest absolute Gasteiger partial charge is 0.217 e. The van der Waals surface area contributed by atoms with Crippen molar-refractivity contribution in [1.29, 1.82) is 0 Å². The van der Waals surface area contributed by atoms with Gasteiger partial charge < -0.3 is 66.5 Å². The van der Waals surface area contributed by atoms with Gasteiger partial charge in [0.05, 0.1) is 19.3 Å². The fourth-order valence-electron chi connectivity index (χ4n) is 2.61. The minimum Gasteiger partial charge on any atom is -0.397 e. The Balaban J connectivity index is 0.000000505. The fraction of sp³-hybridized carbons (Fsp3) is 0.938. The second-order valence-corrected chi connectivity index (χ2v) is 6.58. The first-order chi connectivity index (χ1) is 14.0. The summed E-state index contributed by atoms with van der Waals surface area (Å²) in [6, 6.07) is -2.14. The van der Waals surface area contributed by atoms with Crippen LogP contribution in [0.2, 0.25) is 0 Å². The fourth-order valence-corrected chi connectivity index (χ4v) is 2.61. The monoisotopic (exact) mass is 446 g/mol. The van der Waals surface area contributed by atoms with Crippen LogP contribution in [0.25, 0.3) is 0 Å². The van der Waals surface area contributed by atoms with E-state index in [1.54, 1.807) is 6.92 Å². The van der Waals surface area contributed by atoms with Crippen molar-refractivity contribution in [2.75, 3.05) is 19.8 Å². The molecule has 0 aromatic heterocycles. The number of aliphatic hydroxyl groups is 9. The van der Waals surface area contributed by atoms with Crippen LogP contribution in [0.15, 0.2) is 0 Å². The highest BCUT2D eigenvalue weighted by molar-refractivity contribution is 5.73. The molecule has 2 rings (SSSR count). The van der Waals surface area contributed by atoms with Gasteiger partial charge in [0.2, 0.25) is 5.91 Å². The molecule has 0 aromatic rings. The van der Waals surface area contributed by atoms with Crippen molar-refractivity contribution in [2.24, 2.45) is 5.73 Å². The highest BCUT2D eigenvalue weighted by Gasteiger charge is 2.44. The molecule has 0 aromatic carbocycles. The third kappa shape index (κ3) is 8.26. The van der Waals surface area contributed by atoms with Gasteiger partial charge in [-0.1, -0.05) is 0 Å². The van der Waals surface area contributed by atoms with Gasteiger partial charge in [0, 0.05) is 13.5 Å². The summed E-state index contributed by atoms with van der Waals surface area (Å²) in [7, 11) is 0. The summed E-state index contributed by atoms with van der Waals surface area (Å²) in [5.41, 5.74) is 5.26. The van der Waals surface area contributed by atoms with Crippen LogP contribution in [-0.2, 0) is 14.3 Å². The largest absolute Gasteiger partial charge is 0.397 e. The number of carbonyl (C=O) groups excluding carboxylic acids is 1. The maximum Gasteiger partial charge on any atom is 0.217 e. The Morgan fingerprint density at radius 1 is 0.833 bits per heavy atom. The van der Waals surface area contributed by atoms with Gasteiger partial charge in [-0.05, 0) is 6.92 Å². The summed E-state index contributed by atoms with van der Waals surface area (Å²) in [6.45, 7) is 2.15. The van der Waals surface area contributed by atoms with Crippen LogP contribution in [0.3, 0.4) is 0 Å². The number of rotatable bonds is 3. The first-order valence-corrected chi connectivity index (χ1v) is 9.21. The third-order valence-corrected chi connectivity index (χ3v) is 4.22. The van der Waals surface area contributed by atoms with Gasteiger partial charge in [-0.2, -0.15) is 0 Å². The second-order valence-electron chi connectivity index (χ2n) is 6.58. The van der Waals surface area contributed by atoms with Gasteiger partial charge in [0.15, 0.2) is 12.6 Å². The molecule has 14 nitrogen and oxygen atoms in total. The molecule has 2 heterocycles. The van der Waals surface area contributed by atoms with Gasteiger partial charge in [-0.25, -0.2) is 0 Å². The van der Waals surface area contributed by atoms with E-state index in [0.29, 0.717) is 0 Å². The Morgan fingerprint density at radius 3 is 1.63 bits per heavy atom. The van der Waals surface area contributed by atoms with Gasteiger partial charge in [-0.15, -0.1) is 0 Å². The lowest BCUT2D eigenvalue weighted by Crippen LogP contribution is -2.63. The molecule has 2 aliphatic heterocycles. The summed E-state index contributed by atoms with van der Waals surface area (Å²) in [6.07, 6.45) is -10.1. The molecule has 2 unspecified atom stereocenters. The summed E-state index contributed by atoms with van der Waals surface area (Å²) >= 11 is 0. The minimum absolute atomic E-state index is 0.250. The third-order valence-electron chi connectivity index (χ3n) is 4.22. The molecule has 2 saturated heterocycles. The molecule has 10 atom stereocenters. The van der Waals surface area contributed by atoms with Crippen molar-refractivity contribution < 1.29 is 60.2 Å². The van der Waals surface area contributed by atoms with E-state index >= 15 is 0 Å². The second kappa shape index (κ2) is 14.1. The van der Waals surface area contributed by atoms with E-state index in [1.165, 1.54) is 6.92 Å². The van der Waals surface area contributed by atoms with E-state index in [4.69, 9.17) is 35.6 Å². The van der Waals surface area contributed by atoms with Crippen molar-refractivity contribution in [3.8, 4) is 0 Å². The van der Waals surface area contributed by atoms with E-state index < -0.39 is 80.4 Å². The Hall–Kier alpha value is -1.01. The van der Waals surface area contributed by atoms with Crippen molar-refractivity contribution in [3.05, 3.63) is 0 Å². The van der Waals surface area contributed by atoms with Crippen molar-refractivity contribution in [2.45, 2.75) is 75.1 Å². The van der Waals surface area contributed by atoms with Crippen LogP contribution >= 0.6 is 0 Å². The highest BCUT2D eigenvalue weighted by atomic mass is 16.6. The average molecular weight is 446 g/mol. The zero-order valence-corrected chi connectivity index (χ0v) is 16.7. The van der Waals surface area contributed by atoms with Gasteiger partial charge in [0.25, 0.3) is 0 Å². The lowest BCUT2D eigenvalue weighted by atomic mass is 9.97. The predicted molar refractivity (Wildman–Crippen MR) is 98.3 cm³/mol. The van der Waals surface area contributed by atoms with Crippen LogP contribution < -0.4 is 11.1 Å². The number of carbonyl (C=O) groups is 1. The number of hydrogen-bond acceptors (Lipinski definition) is 13. The molecular formula is C16H34N2O12. The molecule has 180 valence electrons. The number of hydrogen-bond donors (Lipinski definition) is 11. The molecule has 30 heavy (non-hydrogen) atoms. The summed E-state index contributed by atoms with van der Waals surface area (Å²) < 4.78 is 9.51. The number of nitrogens with one attached hydrogen (secondary N) is 1. The lowest BCUT2D eigenvalue weighted by Gasteiger charge is -2.40. The molecule has 0 spiro atoms. The topological polar surface area (TPSA) is 256 Å². The molecule has 1 amide bonds. The first kappa shape index (κ1) is 29.0. The van der Waals surface area contributed by atoms with E-state index in [-0.39, 0.29) is 6.61 Å². The molecule has 14 heteroatoms. The molecule has 12 N–H and O–H groups in total. The quantitative estimate of drug-likeness (QED) is 0.193. The normalized spacial score (nSPS) is 40.9. The number of ether oxygens (including phenoxy) is 2. The maximum absolute atomic E-state index is 10.7. The van der Waals surface area contributed by atoms with E-state index in [1.807, 2.05) is 0 Å². The highest BCUT2D eigenvalue weighted by Crippen LogP contribution is 2.19. The van der Waals surface area contributed by atoms with E-state index in [9.17, 15) is 30.3 Å². The van der Waals surface area contributed by atoms with Crippen molar-refractivity contribution >= 4 is 5.91 Å². The number of amides is 1. The minimum atomic E-state index is -1.45. The molecule has 0 aliphatic carbocycles. The molecular weight excluding hydrogens is 412 g/mol. The molecule has 0 radical (unpaired) electrons. The lowest BCUT2D eigenvalue weighted by molar-refractivity contribution is -0.253. The standard InChI is InChI=1S/C8H15NO6.C6H13NO5.C2H6O/c1-3(11)9-5-7(13)6(12)4(2-10)15-8(5)14;7-3-5(10)4(9)2(1-8)12-6(3)11;1-2-3/h4-8,10,12-14H,2H2,1H3,(H,9,11);2-6,8-11H,1,7H2;3H,2H2,1H3/t4-,5-,6-,7-,8?;2-,3-,4-,5-,6?;/m11./s1. The van der Waals surface area contributed by atoms with Crippen LogP contribution in [0, 0.1) is 0 Å². The number of nitrogens with two attached hydrogens (primary N) is 1. The Kier molecular flexibility index (Phi) is 13.7. The molecule has 2 aliphatic rings. The van der Waals surface area contributed by atoms with Crippen LogP contribution in [-0.4, -0.2) is 133 Å². The zero-order chi connectivity index (χ0) is 23.6. The summed E-state index contributed by atoms with van der Waals surface area (Å²) in [4.78, 5) is 10.7.